The summed E-state index contributed by atoms with van der Waals surface area (Å²) in [5.41, 5.74) is 6.29. The second-order valence-electron chi connectivity index (χ2n) is 5.83. The van der Waals surface area contributed by atoms with Crippen LogP contribution in [0.15, 0.2) is 26.0 Å². The lowest BCUT2D eigenvalue weighted by Gasteiger charge is -2.31. The summed E-state index contributed by atoms with van der Waals surface area (Å²) < 4.78 is 28.9. The molecule has 0 radical (unpaired) electrons. The van der Waals surface area contributed by atoms with Gasteiger partial charge in [-0.15, -0.1) is 0 Å². The highest BCUT2D eigenvalue weighted by Crippen LogP contribution is 2.42. The number of fused-ring (bicyclic) bond motifs is 1. The molecule has 0 spiro atoms. The maximum absolute atomic E-state index is 13.1. The number of anilines is 1. The van der Waals surface area contributed by atoms with Gasteiger partial charge in [-0.05, 0) is 69.2 Å². The molecule has 0 amide bonds. The van der Waals surface area contributed by atoms with Gasteiger partial charge in [-0.25, -0.2) is 8.42 Å². The summed E-state index contributed by atoms with van der Waals surface area (Å²) >= 11 is 6.71. The zero-order valence-corrected chi connectivity index (χ0v) is 15.5. The van der Waals surface area contributed by atoms with E-state index in [-0.39, 0.29) is 6.04 Å². The Balaban J connectivity index is 2.01. The lowest BCUT2D eigenvalue weighted by Crippen LogP contribution is -2.39. The molecular formula is C14H18Br2N2O2S. The summed E-state index contributed by atoms with van der Waals surface area (Å²) in [6.07, 6.45) is 5.46. The molecule has 0 aromatic heterocycles. The Morgan fingerprint density at radius 1 is 1.10 bits per heavy atom. The van der Waals surface area contributed by atoms with Crippen LogP contribution in [0.2, 0.25) is 0 Å². The number of hydrogen-bond acceptors (Lipinski definition) is 3. The second-order valence-corrected chi connectivity index (χ2v) is 9.37. The normalized spacial score (nSPS) is 26.8. The minimum atomic E-state index is -3.50. The second kappa shape index (κ2) is 5.83. The first-order chi connectivity index (χ1) is 9.91. The molecule has 21 heavy (non-hydrogen) atoms. The molecule has 4 nitrogen and oxygen atoms in total. The van der Waals surface area contributed by atoms with Crippen molar-refractivity contribution >= 4 is 47.6 Å². The fraction of sp³-hybridized carbons (Fsp3) is 0.571. The van der Waals surface area contributed by atoms with Gasteiger partial charge in [0, 0.05) is 27.2 Å². The van der Waals surface area contributed by atoms with Gasteiger partial charge in [-0.1, -0.05) is 12.8 Å². The Labute approximate surface area is 142 Å². The Morgan fingerprint density at radius 2 is 1.71 bits per heavy atom. The average molecular weight is 438 g/mol. The van der Waals surface area contributed by atoms with Gasteiger partial charge in [-0.2, -0.15) is 4.31 Å². The van der Waals surface area contributed by atoms with Crippen molar-refractivity contribution in [1.29, 1.82) is 0 Å². The van der Waals surface area contributed by atoms with E-state index in [0.29, 0.717) is 32.0 Å². The first kappa shape index (κ1) is 15.8. The van der Waals surface area contributed by atoms with E-state index in [4.69, 9.17) is 5.73 Å². The lowest BCUT2D eigenvalue weighted by atomic mass is 9.86. The van der Waals surface area contributed by atoms with Crippen LogP contribution < -0.4 is 5.73 Å². The van der Waals surface area contributed by atoms with Crippen LogP contribution in [0, 0.1) is 5.92 Å². The quantitative estimate of drug-likeness (QED) is 0.716. The molecule has 3 rings (SSSR count). The van der Waals surface area contributed by atoms with Gasteiger partial charge in [0.15, 0.2) is 0 Å². The summed E-state index contributed by atoms with van der Waals surface area (Å²) in [4.78, 5) is 0.294. The fourth-order valence-electron chi connectivity index (χ4n) is 3.60. The van der Waals surface area contributed by atoms with Gasteiger partial charge >= 0.3 is 0 Å². The smallest absolute Gasteiger partial charge is 0.245 e. The molecule has 0 bridgehead atoms. The molecule has 116 valence electrons. The van der Waals surface area contributed by atoms with Gasteiger partial charge in [-0.3, -0.25) is 0 Å². The van der Waals surface area contributed by atoms with Crippen LogP contribution in [0.5, 0.6) is 0 Å². The van der Waals surface area contributed by atoms with Crippen LogP contribution in [0.25, 0.3) is 0 Å². The number of rotatable bonds is 2. The van der Waals surface area contributed by atoms with E-state index in [1.54, 1.807) is 16.4 Å². The highest BCUT2D eigenvalue weighted by molar-refractivity contribution is 9.11. The van der Waals surface area contributed by atoms with Crippen LogP contribution in [0.4, 0.5) is 5.69 Å². The molecule has 1 heterocycles. The molecule has 2 atom stereocenters. The molecule has 7 heteroatoms. The Kier molecular flexibility index (Phi) is 4.38. The minimum Gasteiger partial charge on any atom is -0.399 e. The summed E-state index contributed by atoms with van der Waals surface area (Å²) in [6.45, 7) is 0.626. The third-order valence-electron chi connectivity index (χ3n) is 4.55. The molecule has 1 aliphatic carbocycles. The van der Waals surface area contributed by atoms with E-state index < -0.39 is 10.0 Å². The lowest BCUT2D eigenvalue weighted by molar-refractivity contribution is 0.260. The number of sulfonamides is 1. The molecule has 1 aromatic rings. The van der Waals surface area contributed by atoms with Crippen molar-refractivity contribution in [3.05, 3.63) is 21.1 Å². The third kappa shape index (κ3) is 2.78. The zero-order chi connectivity index (χ0) is 15.2. The predicted octanol–water partition coefficient (Wildman–Crippen LogP) is 3.75. The predicted molar refractivity (Wildman–Crippen MR) is 90.5 cm³/mol. The minimum absolute atomic E-state index is 0.167. The molecule has 1 saturated heterocycles. The van der Waals surface area contributed by atoms with E-state index in [9.17, 15) is 8.42 Å². The molecular weight excluding hydrogens is 420 g/mol. The average Bonchev–Trinajstić information content (AvgIpc) is 2.81. The van der Waals surface area contributed by atoms with Crippen LogP contribution in [0.3, 0.4) is 0 Å². The van der Waals surface area contributed by atoms with E-state index in [1.807, 2.05) is 0 Å². The summed E-state index contributed by atoms with van der Waals surface area (Å²) in [5.74, 6) is 0.528. The van der Waals surface area contributed by atoms with Gasteiger partial charge in [0.05, 0.1) is 0 Å². The molecule has 1 aromatic carbocycles. The number of nitrogens with zero attached hydrogens (tertiary/aromatic N) is 1. The highest BCUT2D eigenvalue weighted by Gasteiger charge is 2.43. The highest BCUT2D eigenvalue weighted by atomic mass is 79.9. The van der Waals surface area contributed by atoms with Gasteiger partial charge in [0.25, 0.3) is 0 Å². The van der Waals surface area contributed by atoms with Crippen molar-refractivity contribution in [2.75, 3.05) is 12.3 Å². The number of benzene rings is 1. The van der Waals surface area contributed by atoms with Crippen molar-refractivity contribution in [1.82, 2.24) is 4.31 Å². The Hall–Kier alpha value is -0.110. The van der Waals surface area contributed by atoms with Crippen LogP contribution in [-0.2, 0) is 10.0 Å². The summed E-state index contributed by atoms with van der Waals surface area (Å²) in [6, 6.07) is 3.46. The maximum Gasteiger partial charge on any atom is 0.245 e. The van der Waals surface area contributed by atoms with E-state index in [1.165, 1.54) is 6.42 Å². The van der Waals surface area contributed by atoms with Crippen molar-refractivity contribution < 1.29 is 8.42 Å². The van der Waals surface area contributed by atoms with Crippen molar-refractivity contribution in [3.8, 4) is 0 Å². The van der Waals surface area contributed by atoms with Crippen LogP contribution >= 0.6 is 31.9 Å². The summed E-state index contributed by atoms with van der Waals surface area (Å²) in [5, 5.41) is 0. The Bertz CT molecular complexity index is 640. The van der Waals surface area contributed by atoms with E-state index in [0.717, 1.165) is 25.7 Å². The van der Waals surface area contributed by atoms with Gasteiger partial charge in [0.2, 0.25) is 10.0 Å². The topological polar surface area (TPSA) is 63.4 Å². The first-order valence-corrected chi connectivity index (χ1v) is 10.2. The maximum atomic E-state index is 13.1. The van der Waals surface area contributed by atoms with Crippen LogP contribution in [0.1, 0.15) is 32.1 Å². The molecule has 1 saturated carbocycles. The number of halogens is 2. The molecule has 2 unspecified atom stereocenters. The SMILES string of the molecule is Nc1cc(Br)c(S(=O)(=O)N2CCC3CCCCC32)c(Br)c1. The number of nitrogens with two attached hydrogens (primary N) is 1. The standard InChI is InChI=1S/C14H18Br2N2O2S/c15-11-7-10(17)8-12(16)14(11)21(19,20)18-6-5-9-3-1-2-4-13(9)18/h7-9,13H,1-6,17H2. The van der Waals surface area contributed by atoms with E-state index >= 15 is 0 Å². The Morgan fingerprint density at radius 3 is 2.38 bits per heavy atom. The van der Waals surface area contributed by atoms with Gasteiger partial charge in [0.1, 0.15) is 4.90 Å². The monoisotopic (exact) mass is 436 g/mol. The first-order valence-electron chi connectivity index (χ1n) is 7.17. The zero-order valence-electron chi connectivity index (χ0n) is 11.6. The van der Waals surface area contributed by atoms with Crippen molar-refractivity contribution in [3.63, 3.8) is 0 Å². The largest absolute Gasteiger partial charge is 0.399 e. The molecule has 2 N–H and O–H groups in total. The fourth-order valence-corrected chi connectivity index (χ4v) is 7.88. The number of hydrogen-bond donors (Lipinski definition) is 1. The van der Waals surface area contributed by atoms with Crippen LogP contribution in [-0.4, -0.2) is 25.3 Å². The molecule has 1 aliphatic heterocycles. The van der Waals surface area contributed by atoms with Crippen molar-refractivity contribution in [2.24, 2.45) is 5.92 Å². The van der Waals surface area contributed by atoms with Gasteiger partial charge < -0.3 is 5.73 Å². The third-order valence-corrected chi connectivity index (χ3v) is 8.35. The molecule has 2 fully saturated rings. The van der Waals surface area contributed by atoms with Crippen molar-refractivity contribution in [2.45, 2.75) is 43.0 Å². The number of nitrogen functional groups attached to an aromatic ring is 1. The molecule has 2 aliphatic rings. The van der Waals surface area contributed by atoms with E-state index in [2.05, 4.69) is 31.9 Å². The summed E-state index contributed by atoms with van der Waals surface area (Å²) in [7, 11) is -3.50.